The lowest BCUT2D eigenvalue weighted by atomic mass is 10.2. The third kappa shape index (κ3) is 3.46. The smallest absolute Gasteiger partial charge is 0.291 e. The van der Waals surface area contributed by atoms with Gasteiger partial charge in [0.05, 0.1) is 24.0 Å². The highest BCUT2D eigenvalue weighted by Crippen LogP contribution is 2.20. The molecule has 2 rings (SSSR count). The zero-order valence-corrected chi connectivity index (χ0v) is 13.4. The number of amides is 1. The van der Waals surface area contributed by atoms with Gasteiger partial charge >= 0.3 is 0 Å². The van der Waals surface area contributed by atoms with E-state index in [1.807, 2.05) is 31.2 Å². The summed E-state index contributed by atoms with van der Waals surface area (Å²) in [6, 6.07) is 7.30. The molecule has 22 heavy (non-hydrogen) atoms. The normalized spacial score (nSPS) is 10.9. The monoisotopic (exact) mass is 320 g/mol. The third-order valence-corrected chi connectivity index (χ3v) is 3.50. The summed E-state index contributed by atoms with van der Waals surface area (Å²) in [5.41, 5.74) is 4.27. The minimum Gasteiger partial charge on any atom is -0.497 e. The van der Waals surface area contributed by atoms with Gasteiger partial charge in [-0.15, -0.1) is 0 Å². The molecule has 0 saturated heterocycles. The van der Waals surface area contributed by atoms with E-state index in [1.54, 1.807) is 20.4 Å². The molecule has 1 aromatic carbocycles. The van der Waals surface area contributed by atoms with Crippen LogP contribution in [0, 0.1) is 0 Å². The Kier molecular flexibility index (Phi) is 5.16. The second-order valence-electron chi connectivity index (χ2n) is 4.56. The molecule has 116 valence electrons. The molecule has 0 unspecified atom stereocenters. The van der Waals surface area contributed by atoms with Crippen molar-refractivity contribution in [2.75, 3.05) is 7.11 Å². The van der Waals surface area contributed by atoms with Crippen LogP contribution in [-0.4, -0.2) is 29.0 Å². The van der Waals surface area contributed by atoms with E-state index in [-0.39, 0.29) is 0 Å². The Morgan fingerprint density at radius 2 is 2.14 bits per heavy atom. The lowest BCUT2D eigenvalue weighted by molar-refractivity contribution is 0.0946. The van der Waals surface area contributed by atoms with E-state index in [0.29, 0.717) is 22.8 Å². The van der Waals surface area contributed by atoms with E-state index in [0.717, 1.165) is 11.3 Å². The molecule has 0 aliphatic heterocycles. The van der Waals surface area contributed by atoms with Gasteiger partial charge in [0.15, 0.2) is 0 Å². The van der Waals surface area contributed by atoms with Gasteiger partial charge < -0.3 is 4.74 Å². The molecular weight excluding hydrogens is 304 g/mol. The van der Waals surface area contributed by atoms with E-state index in [9.17, 15) is 4.79 Å². The van der Waals surface area contributed by atoms with Gasteiger partial charge in [0.1, 0.15) is 11.4 Å². The number of hydrogen-bond donors (Lipinski definition) is 1. The lowest BCUT2D eigenvalue weighted by Crippen LogP contribution is -2.21. The molecule has 1 aromatic heterocycles. The van der Waals surface area contributed by atoms with Gasteiger partial charge in [-0.3, -0.25) is 9.48 Å². The molecule has 1 N–H and O–H groups in total. The van der Waals surface area contributed by atoms with E-state index < -0.39 is 5.91 Å². The number of nitrogens with one attached hydrogen (secondary N) is 1. The highest BCUT2D eigenvalue weighted by molar-refractivity contribution is 6.34. The van der Waals surface area contributed by atoms with Crippen LogP contribution in [0.2, 0.25) is 5.02 Å². The summed E-state index contributed by atoms with van der Waals surface area (Å²) in [6.45, 7) is 1.93. The van der Waals surface area contributed by atoms with Crippen LogP contribution in [0.15, 0.2) is 29.4 Å². The van der Waals surface area contributed by atoms with Crippen molar-refractivity contribution < 1.29 is 9.53 Å². The Morgan fingerprint density at radius 3 is 2.68 bits per heavy atom. The molecule has 0 aliphatic rings. The number of ether oxygens (including phenoxy) is 1. The van der Waals surface area contributed by atoms with Gasteiger partial charge in [0.2, 0.25) is 0 Å². The first-order valence-corrected chi connectivity index (χ1v) is 7.13. The Balaban J connectivity index is 2.06. The molecule has 1 heterocycles. The maximum Gasteiger partial charge on any atom is 0.291 e. The number of methoxy groups -OCH3 is 1. The van der Waals surface area contributed by atoms with Crippen molar-refractivity contribution >= 4 is 23.7 Å². The number of rotatable bonds is 5. The van der Waals surface area contributed by atoms with Crippen molar-refractivity contribution in [3.05, 3.63) is 46.2 Å². The van der Waals surface area contributed by atoms with Crippen LogP contribution in [0.1, 0.15) is 28.7 Å². The first-order chi connectivity index (χ1) is 10.6. The Labute approximate surface area is 133 Å². The average molecular weight is 321 g/mol. The van der Waals surface area contributed by atoms with Crippen LogP contribution in [0.4, 0.5) is 0 Å². The molecule has 6 nitrogen and oxygen atoms in total. The molecule has 0 radical (unpaired) electrons. The van der Waals surface area contributed by atoms with E-state index >= 15 is 0 Å². The van der Waals surface area contributed by atoms with Gasteiger partial charge in [-0.05, 0) is 36.2 Å². The maximum absolute atomic E-state index is 12.1. The van der Waals surface area contributed by atoms with Crippen LogP contribution < -0.4 is 10.2 Å². The summed E-state index contributed by atoms with van der Waals surface area (Å²) in [6.07, 6.45) is 2.21. The minimum absolute atomic E-state index is 0.297. The lowest BCUT2D eigenvalue weighted by Gasteiger charge is -2.01. The largest absolute Gasteiger partial charge is 0.497 e. The molecule has 0 saturated carbocycles. The molecule has 7 heteroatoms. The van der Waals surface area contributed by atoms with Crippen LogP contribution in [0.3, 0.4) is 0 Å². The Hall–Kier alpha value is -2.34. The Bertz CT molecular complexity index is 692. The second-order valence-corrected chi connectivity index (χ2v) is 4.94. The van der Waals surface area contributed by atoms with Crippen LogP contribution >= 0.6 is 11.6 Å². The summed E-state index contributed by atoms with van der Waals surface area (Å²) in [5, 5.41) is 8.48. The number of aryl methyl sites for hydroxylation is 2. The molecule has 0 aliphatic carbocycles. The van der Waals surface area contributed by atoms with Crippen molar-refractivity contribution in [1.82, 2.24) is 15.2 Å². The highest BCUT2D eigenvalue weighted by atomic mass is 35.5. The van der Waals surface area contributed by atoms with Crippen molar-refractivity contribution in [3.63, 3.8) is 0 Å². The predicted octanol–water partition coefficient (Wildman–Crippen LogP) is 2.41. The molecule has 0 spiro atoms. The van der Waals surface area contributed by atoms with Gasteiger partial charge in [-0.2, -0.15) is 10.2 Å². The number of nitrogens with zero attached hydrogens (tertiary/aromatic N) is 3. The summed E-state index contributed by atoms with van der Waals surface area (Å²) in [7, 11) is 3.28. The average Bonchev–Trinajstić information content (AvgIpc) is 2.82. The number of carbonyl (C=O) groups excluding carboxylic acids is 1. The van der Waals surface area contributed by atoms with Crippen molar-refractivity contribution in [3.8, 4) is 5.75 Å². The molecule has 2 aromatic rings. The van der Waals surface area contributed by atoms with Crippen molar-refractivity contribution in [2.24, 2.45) is 12.1 Å². The number of aromatic nitrogens is 2. The van der Waals surface area contributed by atoms with Gasteiger partial charge in [-0.1, -0.05) is 18.5 Å². The van der Waals surface area contributed by atoms with E-state index in [2.05, 4.69) is 15.6 Å². The predicted molar refractivity (Wildman–Crippen MR) is 85.7 cm³/mol. The first kappa shape index (κ1) is 16.0. The summed E-state index contributed by atoms with van der Waals surface area (Å²) < 4.78 is 6.53. The molecule has 0 bridgehead atoms. The Morgan fingerprint density at radius 1 is 1.45 bits per heavy atom. The van der Waals surface area contributed by atoms with E-state index in [1.165, 1.54) is 4.68 Å². The van der Waals surface area contributed by atoms with Crippen molar-refractivity contribution in [2.45, 2.75) is 13.3 Å². The quantitative estimate of drug-likeness (QED) is 0.679. The summed E-state index contributed by atoms with van der Waals surface area (Å²) in [5.74, 6) is 0.361. The highest BCUT2D eigenvalue weighted by Gasteiger charge is 2.19. The summed E-state index contributed by atoms with van der Waals surface area (Å²) >= 11 is 6.14. The second kappa shape index (κ2) is 7.09. The minimum atomic E-state index is -0.399. The molecular formula is C15H17ClN4O2. The first-order valence-electron chi connectivity index (χ1n) is 6.75. The van der Waals surface area contributed by atoms with Gasteiger partial charge in [0, 0.05) is 7.05 Å². The summed E-state index contributed by atoms with van der Waals surface area (Å²) in [4.78, 5) is 12.1. The number of halogens is 1. The molecule has 0 fully saturated rings. The van der Waals surface area contributed by atoms with E-state index in [4.69, 9.17) is 16.3 Å². The van der Waals surface area contributed by atoms with Gasteiger partial charge in [0.25, 0.3) is 5.91 Å². The SMILES string of the molecule is CCc1nn(C)c(C(=O)NN=Cc2ccc(OC)cc2)c1Cl. The number of hydrogen-bond acceptors (Lipinski definition) is 4. The molecule has 1 amide bonds. The fourth-order valence-corrected chi connectivity index (χ4v) is 2.31. The standard InChI is InChI=1S/C15H17ClN4O2/c1-4-12-13(16)14(20(2)19-12)15(21)18-17-9-10-5-7-11(22-3)8-6-10/h5-9H,4H2,1-3H3,(H,18,21). The van der Waals surface area contributed by atoms with Crippen LogP contribution in [0.25, 0.3) is 0 Å². The maximum atomic E-state index is 12.1. The number of carbonyl (C=O) groups is 1. The number of benzene rings is 1. The van der Waals surface area contributed by atoms with Crippen molar-refractivity contribution in [1.29, 1.82) is 0 Å². The number of hydrazone groups is 1. The zero-order valence-electron chi connectivity index (χ0n) is 12.6. The van der Waals surface area contributed by atoms with Crippen LogP contribution in [-0.2, 0) is 13.5 Å². The fraction of sp³-hybridized carbons (Fsp3) is 0.267. The van der Waals surface area contributed by atoms with Crippen LogP contribution in [0.5, 0.6) is 5.75 Å². The molecule has 0 atom stereocenters. The third-order valence-electron chi connectivity index (χ3n) is 3.10. The van der Waals surface area contributed by atoms with Gasteiger partial charge in [-0.25, -0.2) is 5.43 Å². The zero-order chi connectivity index (χ0) is 16.1. The fourth-order valence-electron chi connectivity index (χ4n) is 1.93. The topological polar surface area (TPSA) is 68.5 Å².